The van der Waals surface area contributed by atoms with Crippen LogP contribution in [0.15, 0.2) is 0 Å². The molecule has 4 nitrogen and oxygen atoms in total. The lowest BCUT2D eigenvalue weighted by Gasteiger charge is -2.30. The fraction of sp³-hybridized carbons (Fsp3) is 0.895. The van der Waals surface area contributed by atoms with E-state index in [0.29, 0.717) is 6.42 Å². The van der Waals surface area contributed by atoms with Gasteiger partial charge in [0.25, 0.3) is 0 Å². The molecule has 0 aromatic carbocycles. The molecule has 0 heterocycles. The number of carboxylic acids is 2. The van der Waals surface area contributed by atoms with Crippen LogP contribution >= 0.6 is 0 Å². The lowest BCUT2D eigenvalue weighted by Crippen LogP contribution is -2.33. The van der Waals surface area contributed by atoms with Gasteiger partial charge in [0.05, 0.1) is 12.3 Å². The molecule has 4 heteroatoms. The van der Waals surface area contributed by atoms with Gasteiger partial charge in [-0.2, -0.15) is 0 Å². The highest BCUT2D eigenvalue weighted by atomic mass is 16.4. The molecule has 0 radical (unpaired) electrons. The lowest BCUT2D eigenvalue weighted by molar-refractivity contribution is -0.149. The molecule has 0 bridgehead atoms. The van der Waals surface area contributed by atoms with E-state index >= 15 is 0 Å². The number of rotatable bonds is 15. The second-order valence-corrected chi connectivity index (χ2v) is 7.42. The molecule has 2 N–H and O–H groups in total. The summed E-state index contributed by atoms with van der Waals surface area (Å²) >= 11 is 0. The summed E-state index contributed by atoms with van der Waals surface area (Å²) < 4.78 is 0. The highest BCUT2D eigenvalue weighted by Crippen LogP contribution is 2.34. The Labute approximate surface area is 141 Å². The maximum absolute atomic E-state index is 11.4. The quantitative estimate of drug-likeness (QED) is 0.389. The highest BCUT2D eigenvalue weighted by Gasteiger charge is 2.36. The Morgan fingerprint density at radius 2 is 1.26 bits per heavy atom. The predicted octanol–water partition coefficient (Wildman–Crippen LogP) is 5.50. The summed E-state index contributed by atoms with van der Waals surface area (Å²) in [5.74, 6) is -2.37. The smallest absolute Gasteiger partial charge is 0.307 e. The minimum absolute atomic E-state index is 0.0955. The number of carboxylic acid groups (broad SMARTS) is 2. The van der Waals surface area contributed by atoms with E-state index in [1.807, 2.05) is 0 Å². The largest absolute Gasteiger partial charge is 0.481 e. The number of carbonyl (C=O) groups is 2. The summed E-state index contributed by atoms with van der Waals surface area (Å²) in [6.07, 6.45) is 12.6. The molecule has 0 aliphatic heterocycles. The Morgan fingerprint density at radius 3 is 1.65 bits per heavy atom. The normalized spacial score (nSPS) is 13.0. The first kappa shape index (κ1) is 21.9. The molecule has 0 spiro atoms. The Balaban J connectivity index is 3.86. The Kier molecular flexibility index (Phi) is 11.8. The van der Waals surface area contributed by atoms with Crippen molar-refractivity contribution in [1.82, 2.24) is 0 Å². The van der Waals surface area contributed by atoms with E-state index in [1.54, 1.807) is 13.8 Å². The molecule has 0 aliphatic rings. The minimum atomic E-state index is -0.927. The average Bonchev–Trinajstić information content (AvgIpc) is 2.42. The molecule has 0 aromatic heterocycles. The summed E-state index contributed by atoms with van der Waals surface area (Å²) in [4.78, 5) is 22.3. The summed E-state index contributed by atoms with van der Waals surface area (Å²) in [5.41, 5.74) is -0.697. The SMILES string of the molecule is CCCCCCCCCCCCC(C(=O)O)C(C)(C)CC(=O)O. The zero-order chi connectivity index (χ0) is 17.7. The van der Waals surface area contributed by atoms with Crippen LogP contribution in [-0.4, -0.2) is 22.2 Å². The molecule has 1 atom stereocenters. The van der Waals surface area contributed by atoms with Crippen molar-refractivity contribution < 1.29 is 19.8 Å². The van der Waals surface area contributed by atoms with Gasteiger partial charge < -0.3 is 10.2 Å². The number of unbranched alkanes of at least 4 members (excludes halogenated alkanes) is 9. The monoisotopic (exact) mass is 328 g/mol. The third-order valence-corrected chi connectivity index (χ3v) is 4.69. The molecule has 0 aliphatic carbocycles. The molecule has 23 heavy (non-hydrogen) atoms. The molecule has 136 valence electrons. The van der Waals surface area contributed by atoms with Crippen molar-refractivity contribution in [2.75, 3.05) is 0 Å². The van der Waals surface area contributed by atoms with Crippen molar-refractivity contribution in [2.24, 2.45) is 11.3 Å². The molecule has 0 rings (SSSR count). The maximum Gasteiger partial charge on any atom is 0.307 e. The number of aliphatic carboxylic acids is 2. The van der Waals surface area contributed by atoms with Gasteiger partial charge in [-0.3, -0.25) is 9.59 Å². The first-order valence-corrected chi connectivity index (χ1v) is 9.26. The van der Waals surface area contributed by atoms with Gasteiger partial charge in [0, 0.05) is 0 Å². The van der Waals surface area contributed by atoms with Crippen molar-refractivity contribution in [2.45, 2.75) is 97.8 Å². The van der Waals surface area contributed by atoms with Crippen molar-refractivity contribution in [1.29, 1.82) is 0 Å². The van der Waals surface area contributed by atoms with Crippen molar-refractivity contribution in [3.8, 4) is 0 Å². The van der Waals surface area contributed by atoms with Crippen molar-refractivity contribution in [3.05, 3.63) is 0 Å². The van der Waals surface area contributed by atoms with Gasteiger partial charge in [0.1, 0.15) is 0 Å². The Bertz CT molecular complexity index is 336. The standard InChI is InChI=1S/C19H36O4/c1-4-5-6-7-8-9-10-11-12-13-14-16(18(22)23)19(2,3)15-17(20)21/h16H,4-15H2,1-3H3,(H,20,21)(H,22,23). The van der Waals surface area contributed by atoms with Crippen LogP contribution in [0.1, 0.15) is 97.8 Å². The predicted molar refractivity (Wildman–Crippen MR) is 93.6 cm³/mol. The van der Waals surface area contributed by atoms with Crippen molar-refractivity contribution >= 4 is 11.9 Å². The zero-order valence-electron chi connectivity index (χ0n) is 15.3. The first-order valence-electron chi connectivity index (χ1n) is 9.26. The van der Waals surface area contributed by atoms with E-state index in [4.69, 9.17) is 5.11 Å². The van der Waals surface area contributed by atoms with Gasteiger partial charge in [0.15, 0.2) is 0 Å². The van der Waals surface area contributed by atoms with Gasteiger partial charge in [-0.15, -0.1) is 0 Å². The van der Waals surface area contributed by atoms with E-state index in [9.17, 15) is 14.7 Å². The van der Waals surface area contributed by atoms with Crippen LogP contribution in [0.25, 0.3) is 0 Å². The number of hydrogen-bond donors (Lipinski definition) is 2. The summed E-state index contributed by atoms with van der Waals surface area (Å²) in [5, 5.41) is 18.3. The van der Waals surface area contributed by atoms with Crippen LogP contribution in [0.3, 0.4) is 0 Å². The minimum Gasteiger partial charge on any atom is -0.481 e. The molecule has 0 saturated heterocycles. The molecular formula is C19H36O4. The van der Waals surface area contributed by atoms with Gasteiger partial charge in [-0.25, -0.2) is 0 Å². The van der Waals surface area contributed by atoms with Crippen molar-refractivity contribution in [3.63, 3.8) is 0 Å². The first-order chi connectivity index (χ1) is 10.8. The summed E-state index contributed by atoms with van der Waals surface area (Å²) in [7, 11) is 0. The van der Waals surface area contributed by atoms with Gasteiger partial charge >= 0.3 is 11.9 Å². The van der Waals surface area contributed by atoms with Crippen LogP contribution in [-0.2, 0) is 9.59 Å². The van der Waals surface area contributed by atoms with E-state index < -0.39 is 23.3 Å². The fourth-order valence-corrected chi connectivity index (χ4v) is 3.20. The molecule has 0 aromatic rings. The summed E-state index contributed by atoms with van der Waals surface area (Å²) in [6.45, 7) is 5.72. The topological polar surface area (TPSA) is 74.6 Å². The average molecular weight is 328 g/mol. The van der Waals surface area contributed by atoms with Crippen LogP contribution in [0.4, 0.5) is 0 Å². The third kappa shape index (κ3) is 11.2. The van der Waals surface area contributed by atoms with Crippen LogP contribution < -0.4 is 0 Å². The zero-order valence-corrected chi connectivity index (χ0v) is 15.3. The van der Waals surface area contributed by atoms with Gasteiger partial charge in [-0.1, -0.05) is 85.0 Å². The van der Waals surface area contributed by atoms with Gasteiger partial charge in [-0.05, 0) is 11.8 Å². The fourth-order valence-electron chi connectivity index (χ4n) is 3.20. The third-order valence-electron chi connectivity index (χ3n) is 4.69. The lowest BCUT2D eigenvalue weighted by atomic mass is 9.74. The van der Waals surface area contributed by atoms with E-state index in [1.165, 1.54) is 44.9 Å². The molecular weight excluding hydrogens is 292 g/mol. The second kappa shape index (κ2) is 12.4. The highest BCUT2D eigenvalue weighted by molar-refractivity contribution is 5.73. The molecule has 0 amide bonds. The van der Waals surface area contributed by atoms with E-state index in [2.05, 4.69) is 6.92 Å². The molecule has 0 saturated carbocycles. The van der Waals surface area contributed by atoms with Gasteiger partial charge in [0.2, 0.25) is 0 Å². The number of hydrogen-bond acceptors (Lipinski definition) is 2. The second-order valence-electron chi connectivity index (χ2n) is 7.42. The Morgan fingerprint density at radius 1 is 0.826 bits per heavy atom. The van der Waals surface area contributed by atoms with E-state index in [0.717, 1.165) is 19.3 Å². The van der Waals surface area contributed by atoms with Crippen LogP contribution in [0, 0.1) is 11.3 Å². The summed E-state index contributed by atoms with van der Waals surface area (Å²) in [6, 6.07) is 0. The van der Waals surface area contributed by atoms with E-state index in [-0.39, 0.29) is 6.42 Å². The maximum atomic E-state index is 11.4. The van der Waals surface area contributed by atoms with Crippen LogP contribution in [0.5, 0.6) is 0 Å². The molecule has 0 fully saturated rings. The Hall–Kier alpha value is -1.06. The molecule has 1 unspecified atom stereocenters. The van der Waals surface area contributed by atoms with Crippen LogP contribution in [0.2, 0.25) is 0 Å².